The molecule has 1 saturated heterocycles. The number of hydrogen-bond acceptors (Lipinski definition) is 4. The van der Waals surface area contributed by atoms with Crippen LogP contribution in [0.2, 0.25) is 0 Å². The van der Waals surface area contributed by atoms with E-state index in [-0.39, 0.29) is 12.5 Å². The number of rotatable bonds is 2. The summed E-state index contributed by atoms with van der Waals surface area (Å²) in [5, 5.41) is 7.63. The topological polar surface area (TPSA) is 56.7 Å². The number of carbonyl (C=O) groups is 1. The van der Waals surface area contributed by atoms with Crippen LogP contribution in [-0.2, 0) is 4.79 Å². The summed E-state index contributed by atoms with van der Waals surface area (Å²) < 4.78 is 0. The molecule has 0 aromatic heterocycles. The molecule has 0 aliphatic carbocycles. The molecular formula is C8H10N4OS2. The van der Waals surface area contributed by atoms with E-state index in [2.05, 4.69) is 21.8 Å². The zero-order valence-electron chi connectivity index (χ0n) is 8.11. The minimum absolute atomic E-state index is 0.0334. The fourth-order valence-corrected chi connectivity index (χ4v) is 1.77. The number of thioether (sulfide) groups is 1. The van der Waals surface area contributed by atoms with E-state index in [0.29, 0.717) is 16.0 Å². The Morgan fingerprint density at radius 3 is 3.20 bits per heavy atom. The predicted octanol–water partition coefficient (Wildman–Crippen LogP) is -0.440. The Kier molecular flexibility index (Phi) is 4.39. The summed E-state index contributed by atoms with van der Waals surface area (Å²) in [6, 6.07) is 0. The van der Waals surface area contributed by atoms with Gasteiger partial charge in [0.25, 0.3) is 0 Å². The van der Waals surface area contributed by atoms with Crippen molar-refractivity contribution in [1.82, 2.24) is 15.6 Å². The molecule has 1 aliphatic heterocycles. The number of hydrazone groups is 1. The Hall–Kier alpha value is -1.26. The number of hydrogen-bond donors (Lipinski definition) is 2. The Labute approximate surface area is 97.7 Å². The van der Waals surface area contributed by atoms with Crippen LogP contribution in [0.15, 0.2) is 5.10 Å². The zero-order valence-corrected chi connectivity index (χ0v) is 9.74. The lowest BCUT2D eigenvalue weighted by atomic mass is 10.5. The van der Waals surface area contributed by atoms with Gasteiger partial charge in [-0.1, -0.05) is 17.7 Å². The molecule has 5 nitrogen and oxygen atoms in total. The molecule has 1 heterocycles. The molecule has 80 valence electrons. The predicted molar refractivity (Wildman–Crippen MR) is 65.2 cm³/mol. The molecule has 0 bridgehead atoms. The minimum atomic E-state index is -0.0334. The van der Waals surface area contributed by atoms with Gasteiger partial charge in [-0.05, 0) is 12.2 Å². The van der Waals surface area contributed by atoms with Gasteiger partial charge in [-0.2, -0.15) is 0 Å². The van der Waals surface area contributed by atoms with Crippen molar-refractivity contribution in [2.45, 2.75) is 0 Å². The second-order valence-corrected chi connectivity index (χ2v) is 3.91. The van der Waals surface area contributed by atoms with Crippen molar-refractivity contribution in [3.8, 4) is 12.3 Å². The van der Waals surface area contributed by atoms with Crippen LogP contribution in [0.1, 0.15) is 0 Å². The van der Waals surface area contributed by atoms with Crippen LogP contribution in [0.4, 0.5) is 0 Å². The van der Waals surface area contributed by atoms with Gasteiger partial charge in [-0.15, -0.1) is 11.5 Å². The van der Waals surface area contributed by atoms with E-state index in [1.54, 1.807) is 7.05 Å². The SMILES string of the molecule is C#CCN1C(=O)CS/C1=N/NC(=S)NC. The molecule has 0 unspecified atom stereocenters. The number of terminal acetylenes is 1. The van der Waals surface area contributed by atoms with Gasteiger partial charge in [0.2, 0.25) is 5.91 Å². The lowest BCUT2D eigenvalue weighted by molar-refractivity contribution is -0.123. The van der Waals surface area contributed by atoms with Gasteiger partial charge in [0.05, 0.1) is 12.3 Å². The molecule has 0 radical (unpaired) electrons. The first-order valence-electron chi connectivity index (χ1n) is 4.11. The standard InChI is InChI=1S/C8H10N4OS2/c1-3-4-12-6(13)5-15-8(12)11-10-7(14)9-2/h1H,4-5H2,2H3,(H2,9,10,14)/b11-8+. The molecular weight excluding hydrogens is 232 g/mol. The van der Waals surface area contributed by atoms with Crippen LogP contribution in [0.3, 0.4) is 0 Å². The molecule has 1 amide bonds. The van der Waals surface area contributed by atoms with E-state index in [0.717, 1.165) is 0 Å². The molecule has 1 fully saturated rings. The summed E-state index contributed by atoms with van der Waals surface area (Å²) in [4.78, 5) is 12.8. The van der Waals surface area contributed by atoms with E-state index in [9.17, 15) is 4.79 Å². The third-order valence-electron chi connectivity index (χ3n) is 1.59. The number of amides is 1. The molecule has 0 spiro atoms. The Balaban J connectivity index is 2.65. The van der Waals surface area contributed by atoms with Gasteiger partial charge in [0.15, 0.2) is 10.3 Å². The van der Waals surface area contributed by atoms with Crippen molar-refractivity contribution < 1.29 is 4.79 Å². The van der Waals surface area contributed by atoms with Crippen molar-refractivity contribution in [1.29, 1.82) is 0 Å². The van der Waals surface area contributed by atoms with Crippen LogP contribution in [0.5, 0.6) is 0 Å². The second kappa shape index (κ2) is 5.58. The first-order chi connectivity index (χ1) is 7.19. The first-order valence-corrected chi connectivity index (χ1v) is 5.50. The highest BCUT2D eigenvalue weighted by Crippen LogP contribution is 2.17. The Morgan fingerprint density at radius 1 is 1.87 bits per heavy atom. The third kappa shape index (κ3) is 3.11. The van der Waals surface area contributed by atoms with E-state index < -0.39 is 0 Å². The van der Waals surface area contributed by atoms with Crippen LogP contribution < -0.4 is 10.7 Å². The highest BCUT2D eigenvalue weighted by Gasteiger charge is 2.27. The highest BCUT2D eigenvalue weighted by atomic mass is 32.2. The normalized spacial score (nSPS) is 17.7. The van der Waals surface area contributed by atoms with Gasteiger partial charge >= 0.3 is 0 Å². The van der Waals surface area contributed by atoms with E-state index in [1.165, 1.54) is 16.7 Å². The second-order valence-electron chi connectivity index (χ2n) is 2.56. The van der Waals surface area contributed by atoms with Gasteiger partial charge in [0, 0.05) is 7.05 Å². The maximum atomic E-state index is 11.3. The molecule has 1 aliphatic rings. The van der Waals surface area contributed by atoms with Gasteiger partial charge < -0.3 is 5.32 Å². The maximum Gasteiger partial charge on any atom is 0.239 e. The molecule has 0 aromatic rings. The quantitative estimate of drug-likeness (QED) is 0.390. The third-order valence-corrected chi connectivity index (χ3v) is 2.84. The summed E-state index contributed by atoms with van der Waals surface area (Å²) in [6.07, 6.45) is 5.15. The number of thiocarbonyl (C=S) groups is 1. The van der Waals surface area contributed by atoms with Gasteiger partial charge in [-0.25, -0.2) is 0 Å². The van der Waals surface area contributed by atoms with Crippen molar-refractivity contribution in [2.75, 3.05) is 19.3 Å². The Morgan fingerprint density at radius 2 is 2.60 bits per heavy atom. The lowest BCUT2D eigenvalue weighted by Crippen LogP contribution is -2.34. The molecule has 1 rings (SSSR count). The van der Waals surface area contributed by atoms with Crippen molar-refractivity contribution in [2.24, 2.45) is 5.10 Å². The van der Waals surface area contributed by atoms with E-state index in [4.69, 9.17) is 18.6 Å². The van der Waals surface area contributed by atoms with Crippen LogP contribution in [-0.4, -0.2) is 40.4 Å². The summed E-state index contributed by atoms with van der Waals surface area (Å²) >= 11 is 6.17. The summed E-state index contributed by atoms with van der Waals surface area (Å²) in [6.45, 7) is 0.235. The fourth-order valence-electron chi connectivity index (χ4n) is 0.883. The minimum Gasteiger partial charge on any atom is -0.364 e. The maximum absolute atomic E-state index is 11.3. The zero-order chi connectivity index (χ0) is 11.3. The van der Waals surface area contributed by atoms with E-state index >= 15 is 0 Å². The monoisotopic (exact) mass is 242 g/mol. The summed E-state index contributed by atoms with van der Waals surface area (Å²) in [5.74, 6) is 2.74. The Bertz CT molecular complexity index is 347. The smallest absolute Gasteiger partial charge is 0.239 e. The molecule has 0 atom stereocenters. The average molecular weight is 242 g/mol. The first kappa shape index (κ1) is 11.8. The molecule has 15 heavy (non-hydrogen) atoms. The van der Waals surface area contributed by atoms with Crippen LogP contribution in [0, 0.1) is 12.3 Å². The van der Waals surface area contributed by atoms with E-state index in [1.807, 2.05) is 0 Å². The van der Waals surface area contributed by atoms with Crippen LogP contribution >= 0.6 is 24.0 Å². The number of carbonyl (C=O) groups excluding carboxylic acids is 1. The molecule has 7 heteroatoms. The molecule has 0 saturated carbocycles. The van der Waals surface area contributed by atoms with Crippen molar-refractivity contribution >= 4 is 40.2 Å². The fraction of sp³-hybridized carbons (Fsp3) is 0.375. The number of nitrogens with zero attached hydrogens (tertiary/aromatic N) is 2. The van der Waals surface area contributed by atoms with Gasteiger partial charge in [0.1, 0.15) is 0 Å². The van der Waals surface area contributed by atoms with Gasteiger partial charge in [-0.3, -0.25) is 15.1 Å². The molecule has 2 N–H and O–H groups in total. The van der Waals surface area contributed by atoms with Crippen LogP contribution in [0.25, 0.3) is 0 Å². The highest BCUT2D eigenvalue weighted by molar-refractivity contribution is 8.15. The van der Waals surface area contributed by atoms with Crippen molar-refractivity contribution in [3.05, 3.63) is 0 Å². The van der Waals surface area contributed by atoms with Crippen molar-refractivity contribution in [3.63, 3.8) is 0 Å². The summed E-state index contributed by atoms with van der Waals surface area (Å²) in [7, 11) is 1.68. The summed E-state index contributed by atoms with van der Waals surface area (Å²) in [5.41, 5.74) is 2.61. The largest absolute Gasteiger partial charge is 0.364 e. The average Bonchev–Trinajstić information content (AvgIpc) is 2.58. The number of nitrogens with one attached hydrogen (secondary N) is 2. The molecule has 0 aromatic carbocycles. The number of amidine groups is 1. The lowest BCUT2D eigenvalue weighted by Gasteiger charge is -2.11.